The second kappa shape index (κ2) is 5.35. The fourth-order valence-corrected chi connectivity index (χ4v) is 1.46. The Balaban J connectivity index is 2.14. The number of ether oxygens (including phenoxy) is 2. The van der Waals surface area contributed by atoms with E-state index in [1.54, 1.807) is 4.90 Å². The Kier molecular flexibility index (Phi) is 4.34. The van der Waals surface area contributed by atoms with E-state index in [0.29, 0.717) is 19.7 Å². The molecule has 17 heavy (non-hydrogen) atoms. The minimum Gasteiger partial charge on any atom is -0.480 e. The van der Waals surface area contributed by atoms with Gasteiger partial charge in [-0.2, -0.15) is 0 Å². The molecular weight excluding hydrogens is 226 g/mol. The maximum atomic E-state index is 11.5. The largest absolute Gasteiger partial charge is 0.480 e. The molecule has 0 unspecified atom stereocenters. The van der Waals surface area contributed by atoms with Crippen molar-refractivity contribution in [1.29, 1.82) is 0 Å². The fraction of sp³-hybridized carbons (Fsp3) is 0.818. The number of carboxylic acids is 1. The second-order valence-corrected chi connectivity index (χ2v) is 5.16. The number of rotatable bonds is 4. The number of aliphatic carboxylic acids is 1. The molecule has 0 aromatic rings. The van der Waals surface area contributed by atoms with Gasteiger partial charge in [0.2, 0.25) is 0 Å². The molecule has 1 fully saturated rings. The summed E-state index contributed by atoms with van der Waals surface area (Å²) in [5.74, 6) is -0.768. The smallest absolute Gasteiger partial charge is 0.410 e. The SMILES string of the molecule is CC(C)(C)OC(=O)N1CC(COCC(=O)O)C1. The number of carbonyl (C=O) groups excluding carboxylic acids is 1. The van der Waals surface area contributed by atoms with Gasteiger partial charge in [0.15, 0.2) is 0 Å². The van der Waals surface area contributed by atoms with Crippen LogP contribution in [0.25, 0.3) is 0 Å². The molecule has 6 heteroatoms. The molecule has 0 aromatic heterocycles. The molecule has 1 N–H and O–H groups in total. The molecule has 0 radical (unpaired) electrons. The van der Waals surface area contributed by atoms with E-state index in [-0.39, 0.29) is 18.6 Å². The minimum absolute atomic E-state index is 0.210. The molecule has 0 saturated carbocycles. The first-order valence-electron chi connectivity index (χ1n) is 5.55. The third-order valence-corrected chi connectivity index (χ3v) is 2.19. The summed E-state index contributed by atoms with van der Waals surface area (Å²) in [7, 11) is 0. The summed E-state index contributed by atoms with van der Waals surface area (Å²) in [6, 6.07) is 0. The van der Waals surface area contributed by atoms with E-state index >= 15 is 0 Å². The fourth-order valence-electron chi connectivity index (χ4n) is 1.46. The van der Waals surface area contributed by atoms with Gasteiger partial charge in [0.1, 0.15) is 12.2 Å². The van der Waals surface area contributed by atoms with Gasteiger partial charge >= 0.3 is 12.1 Å². The molecule has 1 aliphatic heterocycles. The number of carboxylic acid groups (broad SMARTS) is 1. The number of hydrogen-bond acceptors (Lipinski definition) is 4. The molecule has 98 valence electrons. The van der Waals surface area contributed by atoms with E-state index in [2.05, 4.69) is 0 Å². The van der Waals surface area contributed by atoms with Crippen molar-refractivity contribution in [2.24, 2.45) is 5.92 Å². The highest BCUT2D eigenvalue weighted by molar-refractivity contribution is 5.69. The highest BCUT2D eigenvalue weighted by Gasteiger charge is 2.33. The highest BCUT2D eigenvalue weighted by Crippen LogP contribution is 2.19. The monoisotopic (exact) mass is 245 g/mol. The van der Waals surface area contributed by atoms with Gasteiger partial charge in [0.25, 0.3) is 0 Å². The van der Waals surface area contributed by atoms with E-state index in [0.717, 1.165) is 0 Å². The van der Waals surface area contributed by atoms with Crippen molar-refractivity contribution in [2.45, 2.75) is 26.4 Å². The molecule has 0 bridgehead atoms. The van der Waals surface area contributed by atoms with E-state index in [4.69, 9.17) is 14.6 Å². The average molecular weight is 245 g/mol. The van der Waals surface area contributed by atoms with Crippen molar-refractivity contribution in [1.82, 2.24) is 4.90 Å². The predicted molar refractivity (Wildman–Crippen MR) is 59.8 cm³/mol. The summed E-state index contributed by atoms with van der Waals surface area (Å²) >= 11 is 0. The van der Waals surface area contributed by atoms with Crippen LogP contribution in [0.2, 0.25) is 0 Å². The van der Waals surface area contributed by atoms with Crippen LogP contribution in [-0.4, -0.2) is 54.0 Å². The van der Waals surface area contributed by atoms with Crippen LogP contribution in [0.15, 0.2) is 0 Å². The van der Waals surface area contributed by atoms with Gasteiger partial charge in [0.05, 0.1) is 6.61 Å². The summed E-state index contributed by atoms with van der Waals surface area (Å²) in [5.41, 5.74) is -0.484. The number of nitrogens with zero attached hydrogens (tertiary/aromatic N) is 1. The zero-order valence-electron chi connectivity index (χ0n) is 10.4. The van der Waals surface area contributed by atoms with Gasteiger partial charge in [-0.3, -0.25) is 0 Å². The Morgan fingerprint density at radius 2 is 1.94 bits per heavy atom. The maximum Gasteiger partial charge on any atom is 0.410 e. The minimum atomic E-state index is -0.978. The van der Waals surface area contributed by atoms with Crippen molar-refractivity contribution in [3.05, 3.63) is 0 Å². The summed E-state index contributed by atoms with van der Waals surface area (Å²) < 4.78 is 10.1. The van der Waals surface area contributed by atoms with Gasteiger partial charge < -0.3 is 19.5 Å². The van der Waals surface area contributed by atoms with Gasteiger partial charge in [-0.05, 0) is 20.8 Å². The van der Waals surface area contributed by atoms with Gasteiger partial charge in [-0.15, -0.1) is 0 Å². The summed E-state index contributed by atoms with van der Waals surface area (Å²) in [4.78, 5) is 23.3. The number of hydrogen-bond donors (Lipinski definition) is 1. The quantitative estimate of drug-likeness (QED) is 0.798. The topological polar surface area (TPSA) is 76.1 Å². The average Bonchev–Trinajstić information content (AvgIpc) is 2.04. The first kappa shape index (κ1) is 13.8. The second-order valence-electron chi connectivity index (χ2n) is 5.16. The van der Waals surface area contributed by atoms with Crippen LogP contribution in [-0.2, 0) is 14.3 Å². The van der Waals surface area contributed by atoms with Crippen LogP contribution >= 0.6 is 0 Å². The Labute approximate surface area is 100 Å². The van der Waals surface area contributed by atoms with E-state index < -0.39 is 11.6 Å². The van der Waals surface area contributed by atoms with Crippen LogP contribution in [0.4, 0.5) is 4.79 Å². The first-order valence-corrected chi connectivity index (χ1v) is 5.55. The lowest BCUT2D eigenvalue weighted by atomic mass is 10.0. The lowest BCUT2D eigenvalue weighted by Crippen LogP contribution is -2.53. The molecule has 0 aromatic carbocycles. The van der Waals surface area contributed by atoms with Crippen LogP contribution in [0.3, 0.4) is 0 Å². The molecule has 0 spiro atoms. The van der Waals surface area contributed by atoms with Crippen molar-refractivity contribution in [3.8, 4) is 0 Å². The lowest BCUT2D eigenvalue weighted by molar-refractivity contribution is -0.143. The third-order valence-electron chi connectivity index (χ3n) is 2.19. The molecule has 0 aliphatic carbocycles. The Hall–Kier alpha value is -1.30. The van der Waals surface area contributed by atoms with Crippen LogP contribution in [0.5, 0.6) is 0 Å². The Morgan fingerprint density at radius 3 is 2.41 bits per heavy atom. The van der Waals surface area contributed by atoms with Crippen LogP contribution in [0, 0.1) is 5.92 Å². The Morgan fingerprint density at radius 1 is 1.35 bits per heavy atom. The Bertz CT molecular complexity index is 291. The molecule has 1 heterocycles. The molecule has 1 amide bonds. The van der Waals surface area contributed by atoms with Crippen molar-refractivity contribution in [2.75, 3.05) is 26.3 Å². The van der Waals surface area contributed by atoms with Gasteiger partial charge in [-0.1, -0.05) is 0 Å². The van der Waals surface area contributed by atoms with E-state index in [1.807, 2.05) is 20.8 Å². The van der Waals surface area contributed by atoms with Crippen molar-refractivity contribution < 1.29 is 24.2 Å². The normalized spacial score (nSPS) is 16.5. The number of amides is 1. The molecule has 0 atom stereocenters. The summed E-state index contributed by atoms with van der Waals surface area (Å²) in [6.07, 6.45) is -0.327. The molecule has 1 rings (SSSR count). The standard InChI is InChI=1S/C11H19NO5/c1-11(2,3)17-10(15)12-4-8(5-12)6-16-7-9(13)14/h8H,4-7H2,1-3H3,(H,13,14). The van der Waals surface area contributed by atoms with Gasteiger partial charge in [-0.25, -0.2) is 9.59 Å². The van der Waals surface area contributed by atoms with Crippen molar-refractivity contribution in [3.63, 3.8) is 0 Å². The van der Waals surface area contributed by atoms with Crippen molar-refractivity contribution >= 4 is 12.1 Å². The van der Waals surface area contributed by atoms with Crippen LogP contribution < -0.4 is 0 Å². The number of likely N-dealkylation sites (tertiary alicyclic amines) is 1. The summed E-state index contributed by atoms with van der Waals surface area (Å²) in [6.45, 7) is 6.66. The summed E-state index contributed by atoms with van der Waals surface area (Å²) in [5, 5.41) is 8.38. The molecular formula is C11H19NO5. The highest BCUT2D eigenvalue weighted by atomic mass is 16.6. The third kappa shape index (κ3) is 5.04. The van der Waals surface area contributed by atoms with Gasteiger partial charge in [0, 0.05) is 19.0 Å². The zero-order chi connectivity index (χ0) is 13.1. The zero-order valence-corrected chi connectivity index (χ0v) is 10.4. The van der Waals surface area contributed by atoms with E-state index in [1.165, 1.54) is 0 Å². The molecule has 6 nitrogen and oxygen atoms in total. The van der Waals surface area contributed by atoms with E-state index in [9.17, 15) is 9.59 Å². The molecule has 1 aliphatic rings. The first-order chi connectivity index (χ1) is 7.78. The lowest BCUT2D eigenvalue weighted by Gasteiger charge is -2.39. The maximum absolute atomic E-state index is 11.5. The number of carbonyl (C=O) groups is 2. The van der Waals surface area contributed by atoms with Crippen LogP contribution in [0.1, 0.15) is 20.8 Å². The molecule has 1 saturated heterocycles. The predicted octanol–water partition coefficient (Wildman–Crippen LogP) is 0.954.